The summed E-state index contributed by atoms with van der Waals surface area (Å²) in [4.78, 5) is 40.5. The van der Waals surface area contributed by atoms with E-state index in [2.05, 4.69) is 24.1 Å². The molecule has 0 bridgehead atoms. The second kappa shape index (κ2) is 12.4. The lowest BCUT2D eigenvalue weighted by Crippen LogP contribution is -2.52. The fraction of sp³-hybridized carbons (Fsp3) is 0.577. The van der Waals surface area contributed by atoms with Crippen LogP contribution in [0.25, 0.3) is 0 Å². The number of benzene rings is 1. The minimum Gasteiger partial charge on any atom is -0.444 e. The highest BCUT2D eigenvalue weighted by Crippen LogP contribution is 2.25. The van der Waals surface area contributed by atoms with E-state index in [0.717, 1.165) is 24.0 Å². The molecule has 3 unspecified atom stereocenters. The third-order valence-corrected chi connectivity index (χ3v) is 5.23. The molecule has 3 amide bonds. The largest absolute Gasteiger partial charge is 0.444 e. The number of nitrogens with one attached hydrogen (secondary N) is 2. The predicted molar refractivity (Wildman–Crippen MR) is 132 cm³/mol. The smallest absolute Gasteiger partial charge is 0.408 e. The minimum atomic E-state index is -0.894. The van der Waals surface area contributed by atoms with Crippen LogP contribution in [0.5, 0.6) is 0 Å². The molecule has 0 saturated heterocycles. The van der Waals surface area contributed by atoms with Gasteiger partial charge in [0.05, 0.1) is 0 Å². The second-order valence-corrected chi connectivity index (χ2v) is 9.59. The average molecular weight is 460 g/mol. The molecule has 0 aliphatic carbocycles. The van der Waals surface area contributed by atoms with Crippen LogP contribution in [0.2, 0.25) is 0 Å². The fourth-order valence-corrected chi connectivity index (χ4v) is 3.49. The standard InChI is InChI=1S/C26H41N3O4/c1-10-12-19(5)27-23(30)22(21-14-13-17(3)18(4)16-21)29(15-11-2)24(31)20(6)28-25(32)33-26(7,8)9/h11,13-14,16,19-20,22H,2,10,12,15H2,1,3-9H3,(H,27,30)(H,28,32). The Bertz CT molecular complexity index is 844. The normalized spacial score (nSPS) is 13.9. The molecular weight excluding hydrogens is 418 g/mol. The molecule has 0 radical (unpaired) electrons. The quantitative estimate of drug-likeness (QED) is 0.502. The Balaban J connectivity index is 3.31. The van der Waals surface area contributed by atoms with Crippen molar-refractivity contribution in [2.45, 2.75) is 92.0 Å². The molecule has 184 valence electrons. The van der Waals surface area contributed by atoms with Crippen LogP contribution in [0.4, 0.5) is 4.79 Å². The summed E-state index contributed by atoms with van der Waals surface area (Å²) in [6, 6.07) is 3.95. The van der Waals surface area contributed by atoms with Gasteiger partial charge in [-0.15, -0.1) is 6.58 Å². The topological polar surface area (TPSA) is 87.7 Å². The molecule has 1 rings (SSSR count). The number of hydrogen-bond acceptors (Lipinski definition) is 4. The van der Waals surface area contributed by atoms with E-state index in [1.54, 1.807) is 33.8 Å². The fourth-order valence-electron chi connectivity index (χ4n) is 3.49. The van der Waals surface area contributed by atoms with Crippen molar-refractivity contribution >= 4 is 17.9 Å². The van der Waals surface area contributed by atoms with Crippen molar-refractivity contribution in [1.82, 2.24) is 15.5 Å². The average Bonchev–Trinajstić information content (AvgIpc) is 2.68. The first-order valence-electron chi connectivity index (χ1n) is 11.6. The van der Waals surface area contributed by atoms with E-state index in [1.807, 2.05) is 39.0 Å². The van der Waals surface area contributed by atoms with Gasteiger partial charge in [-0.05, 0) is 71.6 Å². The van der Waals surface area contributed by atoms with E-state index < -0.39 is 29.7 Å². The van der Waals surface area contributed by atoms with Crippen LogP contribution in [0, 0.1) is 13.8 Å². The van der Waals surface area contributed by atoms with Crippen LogP contribution < -0.4 is 10.6 Å². The zero-order valence-electron chi connectivity index (χ0n) is 21.5. The molecule has 1 aromatic rings. The van der Waals surface area contributed by atoms with Crippen LogP contribution in [-0.2, 0) is 14.3 Å². The van der Waals surface area contributed by atoms with Crippen molar-refractivity contribution in [3.05, 3.63) is 47.5 Å². The lowest BCUT2D eigenvalue weighted by Gasteiger charge is -2.33. The molecule has 2 N–H and O–H groups in total. The molecule has 33 heavy (non-hydrogen) atoms. The van der Waals surface area contributed by atoms with Crippen molar-refractivity contribution in [3.8, 4) is 0 Å². The Labute approximate surface area is 198 Å². The molecule has 7 heteroatoms. The Kier molecular flexibility index (Phi) is 10.6. The Hall–Kier alpha value is -2.83. The number of nitrogens with zero attached hydrogens (tertiary/aromatic N) is 1. The minimum absolute atomic E-state index is 0.0328. The second-order valence-electron chi connectivity index (χ2n) is 9.59. The highest BCUT2D eigenvalue weighted by molar-refractivity contribution is 5.92. The molecule has 0 heterocycles. The van der Waals surface area contributed by atoms with Crippen molar-refractivity contribution in [1.29, 1.82) is 0 Å². The summed E-state index contributed by atoms with van der Waals surface area (Å²) >= 11 is 0. The number of aryl methyl sites for hydroxylation is 2. The lowest BCUT2D eigenvalue weighted by molar-refractivity contribution is -0.141. The zero-order chi connectivity index (χ0) is 25.3. The van der Waals surface area contributed by atoms with Crippen molar-refractivity contribution in [3.63, 3.8) is 0 Å². The maximum Gasteiger partial charge on any atom is 0.408 e. The van der Waals surface area contributed by atoms with Crippen molar-refractivity contribution in [2.75, 3.05) is 6.54 Å². The molecule has 0 fully saturated rings. The van der Waals surface area contributed by atoms with E-state index in [0.29, 0.717) is 5.56 Å². The SMILES string of the molecule is C=CCN(C(=O)C(C)NC(=O)OC(C)(C)C)C(C(=O)NC(C)CCC)c1ccc(C)c(C)c1. The van der Waals surface area contributed by atoms with Crippen LogP contribution in [-0.4, -0.2) is 47.0 Å². The molecule has 0 saturated carbocycles. The summed E-state index contributed by atoms with van der Waals surface area (Å²) in [5.74, 6) is -0.666. The van der Waals surface area contributed by atoms with Gasteiger partial charge in [0.1, 0.15) is 17.7 Å². The van der Waals surface area contributed by atoms with Gasteiger partial charge in [0.2, 0.25) is 11.8 Å². The summed E-state index contributed by atoms with van der Waals surface area (Å²) < 4.78 is 5.28. The van der Waals surface area contributed by atoms with Gasteiger partial charge in [0.25, 0.3) is 0 Å². The Morgan fingerprint density at radius 1 is 1.12 bits per heavy atom. The molecule has 0 spiro atoms. The zero-order valence-corrected chi connectivity index (χ0v) is 21.5. The predicted octanol–water partition coefficient (Wildman–Crippen LogP) is 4.58. The van der Waals surface area contributed by atoms with Gasteiger partial charge in [-0.3, -0.25) is 9.59 Å². The number of carbonyl (C=O) groups is 3. The first-order chi connectivity index (χ1) is 15.3. The highest BCUT2D eigenvalue weighted by Gasteiger charge is 2.34. The van der Waals surface area contributed by atoms with E-state index in [9.17, 15) is 14.4 Å². The first kappa shape index (κ1) is 28.2. The summed E-state index contributed by atoms with van der Waals surface area (Å²) in [6.07, 6.45) is 2.65. The molecule has 0 aliphatic rings. The molecule has 0 aromatic heterocycles. The first-order valence-corrected chi connectivity index (χ1v) is 11.6. The number of ether oxygens (including phenoxy) is 1. The maximum atomic E-state index is 13.4. The number of rotatable bonds is 10. The van der Waals surface area contributed by atoms with Crippen LogP contribution in [0.1, 0.15) is 77.1 Å². The monoisotopic (exact) mass is 459 g/mol. The molecular formula is C26H41N3O4. The summed E-state index contributed by atoms with van der Waals surface area (Å²) in [5.41, 5.74) is 2.14. The molecule has 3 atom stereocenters. The highest BCUT2D eigenvalue weighted by atomic mass is 16.6. The van der Waals surface area contributed by atoms with E-state index in [4.69, 9.17) is 4.74 Å². The van der Waals surface area contributed by atoms with Gasteiger partial charge in [0, 0.05) is 12.6 Å². The molecule has 7 nitrogen and oxygen atoms in total. The Morgan fingerprint density at radius 2 is 1.76 bits per heavy atom. The van der Waals surface area contributed by atoms with E-state index >= 15 is 0 Å². The maximum absolute atomic E-state index is 13.4. The van der Waals surface area contributed by atoms with Crippen LogP contribution in [0.3, 0.4) is 0 Å². The number of amides is 3. The lowest BCUT2D eigenvalue weighted by atomic mass is 9.98. The van der Waals surface area contributed by atoms with Crippen molar-refractivity contribution < 1.29 is 19.1 Å². The van der Waals surface area contributed by atoms with Gasteiger partial charge >= 0.3 is 6.09 Å². The number of alkyl carbamates (subject to hydrolysis) is 1. The van der Waals surface area contributed by atoms with Gasteiger partial charge in [-0.25, -0.2) is 4.79 Å². The summed E-state index contributed by atoms with van der Waals surface area (Å²) in [5, 5.41) is 5.62. The molecule has 0 aliphatic heterocycles. The number of carbonyl (C=O) groups excluding carboxylic acids is 3. The third kappa shape index (κ3) is 8.91. The van der Waals surface area contributed by atoms with Gasteiger partial charge in [0.15, 0.2) is 0 Å². The number of hydrogen-bond donors (Lipinski definition) is 2. The summed E-state index contributed by atoms with van der Waals surface area (Å²) in [7, 11) is 0. The van der Waals surface area contributed by atoms with Gasteiger partial charge in [-0.1, -0.05) is 37.6 Å². The molecule has 1 aromatic carbocycles. The third-order valence-electron chi connectivity index (χ3n) is 5.23. The summed E-state index contributed by atoms with van der Waals surface area (Å²) in [6.45, 7) is 18.7. The van der Waals surface area contributed by atoms with Crippen LogP contribution >= 0.6 is 0 Å². The Morgan fingerprint density at radius 3 is 2.27 bits per heavy atom. The van der Waals surface area contributed by atoms with Crippen molar-refractivity contribution in [2.24, 2.45) is 0 Å². The van der Waals surface area contributed by atoms with Gasteiger partial charge < -0.3 is 20.3 Å². The van der Waals surface area contributed by atoms with Gasteiger partial charge in [-0.2, -0.15) is 0 Å². The van der Waals surface area contributed by atoms with E-state index in [1.165, 1.54) is 4.90 Å². The van der Waals surface area contributed by atoms with Crippen LogP contribution in [0.15, 0.2) is 30.9 Å². The van der Waals surface area contributed by atoms with E-state index in [-0.39, 0.29) is 18.5 Å².